The van der Waals surface area contributed by atoms with Gasteiger partial charge in [-0.05, 0) is 56.1 Å². The van der Waals surface area contributed by atoms with Gasteiger partial charge in [-0.2, -0.15) is 0 Å². The highest BCUT2D eigenvalue weighted by atomic mass is 32.2. The summed E-state index contributed by atoms with van der Waals surface area (Å²) in [5.41, 5.74) is 8.71. The van der Waals surface area contributed by atoms with Gasteiger partial charge in [0.25, 0.3) is 0 Å². The van der Waals surface area contributed by atoms with Crippen LogP contribution in [0.5, 0.6) is 0 Å². The second kappa shape index (κ2) is 6.22. The van der Waals surface area contributed by atoms with Crippen molar-refractivity contribution in [3.05, 3.63) is 58.9 Å². The second-order valence-corrected chi connectivity index (χ2v) is 5.71. The third kappa shape index (κ3) is 3.37. The first-order valence-corrected chi connectivity index (χ1v) is 7.16. The number of benzene rings is 2. The summed E-state index contributed by atoms with van der Waals surface area (Å²) in [5, 5.41) is 0. The van der Waals surface area contributed by atoms with E-state index in [-0.39, 0.29) is 5.82 Å². The summed E-state index contributed by atoms with van der Waals surface area (Å²) in [4.78, 5) is 2.13. The molecule has 0 aromatic heterocycles. The van der Waals surface area contributed by atoms with E-state index in [0.29, 0.717) is 13.0 Å². The molecule has 100 valence electrons. The van der Waals surface area contributed by atoms with E-state index in [1.807, 2.05) is 6.07 Å². The van der Waals surface area contributed by atoms with Gasteiger partial charge in [0.1, 0.15) is 5.82 Å². The molecule has 3 heteroatoms. The Hall–Kier alpha value is -1.32. The first kappa shape index (κ1) is 14.1. The predicted octanol–water partition coefficient (Wildman–Crippen LogP) is 4.09. The van der Waals surface area contributed by atoms with Crippen LogP contribution in [0.3, 0.4) is 0 Å². The average molecular weight is 275 g/mol. The normalized spacial score (nSPS) is 10.7. The van der Waals surface area contributed by atoms with Crippen molar-refractivity contribution in [3.8, 4) is 0 Å². The largest absolute Gasteiger partial charge is 0.330 e. The number of halogens is 1. The topological polar surface area (TPSA) is 26.0 Å². The van der Waals surface area contributed by atoms with Crippen molar-refractivity contribution in [2.24, 2.45) is 5.73 Å². The van der Waals surface area contributed by atoms with Gasteiger partial charge in [0.15, 0.2) is 0 Å². The van der Waals surface area contributed by atoms with Crippen LogP contribution in [-0.4, -0.2) is 6.54 Å². The molecule has 0 fully saturated rings. The van der Waals surface area contributed by atoms with Gasteiger partial charge in [0.05, 0.1) is 0 Å². The number of hydrogen-bond acceptors (Lipinski definition) is 2. The van der Waals surface area contributed by atoms with E-state index in [1.54, 1.807) is 17.8 Å². The molecule has 1 nitrogen and oxygen atoms in total. The molecule has 2 aromatic rings. The quantitative estimate of drug-likeness (QED) is 0.909. The molecule has 0 saturated heterocycles. The molecule has 0 radical (unpaired) electrons. The van der Waals surface area contributed by atoms with Crippen LogP contribution in [0, 0.1) is 19.7 Å². The van der Waals surface area contributed by atoms with Crippen molar-refractivity contribution < 1.29 is 4.39 Å². The van der Waals surface area contributed by atoms with Crippen molar-refractivity contribution in [3.63, 3.8) is 0 Å². The summed E-state index contributed by atoms with van der Waals surface area (Å²) in [7, 11) is 0. The summed E-state index contributed by atoms with van der Waals surface area (Å²) in [6.07, 6.45) is 0.569. The second-order valence-electron chi connectivity index (χ2n) is 4.63. The summed E-state index contributed by atoms with van der Waals surface area (Å²) in [6, 6.07) is 11.5. The Bertz CT molecular complexity index is 581. The Morgan fingerprint density at radius 3 is 2.63 bits per heavy atom. The highest BCUT2D eigenvalue weighted by Crippen LogP contribution is 2.34. The Morgan fingerprint density at radius 1 is 1.11 bits per heavy atom. The Labute approximate surface area is 118 Å². The molecule has 0 aliphatic carbocycles. The molecule has 2 N–H and O–H groups in total. The monoisotopic (exact) mass is 275 g/mol. The minimum absolute atomic E-state index is 0.166. The molecule has 2 rings (SSSR count). The fraction of sp³-hybridized carbons (Fsp3) is 0.250. The van der Waals surface area contributed by atoms with E-state index >= 15 is 0 Å². The lowest BCUT2D eigenvalue weighted by molar-refractivity contribution is 0.603. The summed E-state index contributed by atoms with van der Waals surface area (Å²) in [5.74, 6) is -0.166. The molecule has 0 aliphatic rings. The molecule has 0 heterocycles. The standard InChI is InChI=1S/C16H18FNS/c1-11-6-7-12(2)16(10-11)19-15-5-3-4-14(17)13(15)8-9-18/h3-7,10H,8-9,18H2,1-2H3. The van der Waals surface area contributed by atoms with Crippen molar-refractivity contribution in [2.45, 2.75) is 30.1 Å². The molecular weight excluding hydrogens is 257 g/mol. The molecule has 19 heavy (non-hydrogen) atoms. The van der Waals surface area contributed by atoms with Gasteiger partial charge in [-0.25, -0.2) is 4.39 Å². The molecule has 0 aliphatic heterocycles. The van der Waals surface area contributed by atoms with Crippen LogP contribution in [0.1, 0.15) is 16.7 Å². The van der Waals surface area contributed by atoms with Gasteiger partial charge in [-0.15, -0.1) is 0 Å². The third-order valence-corrected chi connectivity index (χ3v) is 4.30. The highest BCUT2D eigenvalue weighted by Gasteiger charge is 2.10. The molecule has 0 bridgehead atoms. The van der Waals surface area contributed by atoms with Crippen LogP contribution >= 0.6 is 11.8 Å². The van der Waals surface area contributed by atoms with Gasteiger partial charge >= 0.3 is 0 Å². The van der Waals surface area contributed by atoms with Gasteiger partial charge in [0, 0.05) is 15.4 Å². The SMILES string of the molecule is Cc1ccc(C)c(Sc2cccc(F)c2CCN)c1. The number of hydrogen-bond donors (Lipinski definition) is 1. The van der Waals surface area contributed by atoms with Crippen LogP contribution in [-0.2, 0) is 6.42 Å². The zero-order chi connectivity index (χ0) is 13.8. The maximum absolute atomic E-state index is 13.9. The van der Waals surface area contributed by atoms with Gasteiger partial charge < -0.3 is 5.73 Å². The van der Waals surface area contributed by atoms with Crippen LogP contribution < -0.4 is 5.73 Å². The van der Waals surface area contributed by atoms with E-state index in [9.17, 15) is 4.39 Å². The molecule has 0 saturated carbocycles. The van der Waals surface area contributed by atoms with Crippen LogP contribution in [0.2, 0.25) is 0 Å². The zero-order valence-electron chi connectivity index (χ0n) is 11.2. The van der Waals surface area contributed by atoms with Gasteiger partial charge in [-0.1, -0.05) is 30.0 Å². The first-order chi connectivity index (χ1) is 9.11. The molecule has 0 atom stereocenters. The van der Waals surface area contributed by atoms with Crippen LogP contribution in [0.4, 0.5) is 4.39 Å². The molecular formula is C16H18FNS. The number of nitrogens with two attached hydrogens (primary N) is 1. The summed E-state index contributed by atoms with van der Waals surface area (Å²) < 4.78 is 13.9. The van der Waals surface area contributed by atoms with E-state index in [4.69, 9.17) is 5.73 Å². The summed E-state index contributed by atoms with van der Waals surface area (Å²) in [6.45, 7) is 4.60. The Balaban J connectivity index is 2.37. The summed E-state index contributed by atoms with van der Waals surface area (Å²) >= 11 is 1.61. The van der Waals surface area contributed by atoms with Crippen molar-refractivity contribution >= 4 is 11.8 Å². The van der Waals surface area contributed by atoms with Crippen molar-refractivity contribution in [1.82, 2.24) is 0 Å². The Kier molecular flexibility index (Phi) is 4.61. The predicted molar refractivity (Wildman–Crippen MR) is 79.2 cm³/mol. The lowest BCUT2D eigenvalue weighted by Crippen LogP contribution is -2.05. The van der Waals surface area contributed by atoms with E-state index in [0.717, 1.165) is 10.5 Å². The zero-order valence-corrected chi connectivity index (χ0v) is 12.1. The van der Waals surface area contributed by atoms with Crippen LogP contribution in [0.25, 0.3) is 0 Å². The fourth-order valence-electron chi connectivity index (χ4n) is 1.96. The molecule has 0 spiro atoms. The van der Waals surface area contributed by atoms with Crippen LogP contribution in [0.15, 0.2) is 46.2 Å². The highest BCUT2D eigenvalue weighted by molar-refractivity contribution is 7.99. The Morgan fingerprint density at radius 2 is 1.89 bits per heavy atom. The van der Waals surface area contributed by atoms with Gasteiger partial charge in [0.2, 0.25) is 0 Å². The number of rotatable bonds is 4. The fourth-order valence-corrected chi connectivity index (χ4v) is 3.14. The molecule has 2 aromatic carbocycles. The van der Waals surface area contributed by atoms with Gasteiger partial charge in [-0.3, -0.25) is 0 Å². The van der Waals surface area contributed by atoms with Crippen molar-refractivity contribution in [1.29, 1.82) is 0 Å². The van der Waals surface area contributed by atoms with E-state index in [1.165, 1.54) is 22.1 Å². The maximum atomic E-state index is 13.9. The molecule has 0 unspecified atom stereocenters. The lowest BCUT2D eigenvalue weighted by Gasteiger charge is -2.11. The molecule has 0 amide bonds. The first-order valence-electron chi connectivity index (χ1n) is 6.34. The maximum Gasteiger partial charge on any atom is 0.127 e. The average Bonchev–Trinajstić information content (AvgIpc) is 2.38. The minimum Gasteiger partial charge on any atom is -0.330 e. The lowest BCUT2D eigenvalue weighted by atomic mass is 10.1. The minimum atomic E-state index is -0.166. The third-order valence-electron chi connectivity index (χ3n) is 3.03. The van der Waals surface area contributed by atoms with E-state index < -0.39 is 0 Å². The number of aryl methyl sites for hydroxylation is 2. The van der Waals surface area contributed by atoms with E-state index in [2.05, 4.69) is 32.0 Å². The smallest absolute Gasteiger partial charge is 0.127 e. The van der Waals surface area contributed by atoms with Crippen molar-refractivity contribution in [2.75, 3.05) is 6.54 Å².